The maximum atomic E-state index is 9.10. The van der Waals surface area contributed by atoms with Crippen LogP contribution in [-0.4, -0.2) is 66.8 Å². The van der Waals surface area contributed by atoms with E-state index in [9.17, 15) is 0 Å². The highest BCUT2D eigenvalue weighted by Crippen LogP contribution is 2.15. The number of carboxylic acids is 2. The summed E-state index contributed by atoms with van der Waals surface area (Å²) in [6.45, 7) is 7.42. The Morgan fingerprint density at radius 1 is 0.958 bits per heavy atom. The number of aliphatic carboxylic acids is 2. The number of ether oxygens (including phenoxy) is 2. The molecule has 8 nitrogen and oxygen atoms in total. The van der Waals surface area contributed by atoms with E-state index < -0.39 is 11.9 Å². The largest absolute Gasteiger partial charge is 0.491 e. The van der Waals surface area contributed by atoms with E-state index in [1.54, 1.807) is 0 Å². The summed E-state index contributed by atoms with van der Waals surface area (Å²) in [4.78, 5) is 18.2. The fourth-order valence-corrected chi connectivity index (χ4v) is 1.69. The monoisotopic (exact) mass is 343 g/mol. The van der Waals surface area contributed by atoms with Crippen molar-refractivity contribution in [2.75, 3.05) is 39.5 Å². The minimum Gasteiger partial charge on any atom is -0.491 e. The molecule has 24 heavy (non-hydrogen) atoms. The number of aliphatic hydroxyl groups is 1. The molecule has 0 aliphatic carbocycles. The van der Waals surface area contributed by atoms with Crippen LogP contribution in [0.1, 0.15) is 11.1 Å². The Kier molecular flexibility index (Phi) is 12.1. The molecule has 0 unspecified atom stereocenters. The maximum absolute atomic E-state index is 9.10. The molecule has 0 aliphatic heterocycles. The van der Waals surface area contributed by atoms with Gasteiger partial charge in [-0.25, -0.2) is 9.59 Å². The van der Waals surface area contributed by atoms with Gasteiger partial charge in [0.25, 0.3) is 0 Å². The third-order valence-corrected chi connectivity index (χ3v) is 2.59. The summed E-state index contributed by atoms with van der Waals surface area (Å²) in [6.07, 6.45) is 0. The SMILES string of the molecule is Cc1cc(C)cc(OCCOCCNCCO)c1.O=C(O)C(=O)O. The number of aliphatic hydroxyl groups excluding tert-OH is 1. The van der Waals surface area contributed by atoms with Crippen molar-refractivity contribution >= 4 is 11.9 Å². The van der Waals surface area contributed by atoms with Gasteiger partial charge in [-0.05, 0) is 37.1 Å². The van der Waals surface area contributed by atoms with Crippen molar-refractivity contribution in [3.05, 3.63) is 29.3 Å². The van der Waals surface area contributed by atoms with Crippen molar-refractivity contribution in [3.8, 4) is 5.75 Å². The van der Waals surface area contributed by atoms with Crippen LogP contribution in [0.2, 0.25) is 0 Å². The second-order valence-corrected chi connectivity index (χ2v) is 4.87. The Balaban J connectivity index is 0.000000754. The van der Waals surface area contributed by atoms with Crippen LogP contribution >= 0.6 is 0 Å². The van der Waals surface area contributed by atoms with E-state index in [1.165, 1.54) is 11.1 Å². The van der Waals surface area contributed by atoms with Gasteiger partial charge in [0.05, 0.1) is 19.8 Å². The second kappa shape index (κ2) is 13.3. The molecule has 0 spiro atoms. The molecule has 0 aliphatic rings. The van der Waals surface area contributed by atoms with Crippen molar-refractivity contribution in [3.63, 3.8) is 0 Å². The normalized spacial score (nSPS) is 9.79. The van der Waals surface area contributed by atoms with Crippen LogP contribution in [0, 0.1) is 13.8 Å². The summed E-state index contributed by atoms with van der Waals surface area (Å²) < 4.78 is 11.0. The van der Waals surface area contributed by atoms with Gasteiger partial charge in [-0.2, -0.15) is 0 Å². The molecule has 0 saturated heterocycles. The predicted octanol–water partition coefficient (Wildman–Crippen LogP) is 0.436. The molecule has 0 radical (unpaired) electrons. The minimum absolute atomic E-state index is 0.163. The zero-order valence-electron chi connectivity index (χ0n) is 13.9. The van der Waals surface area contributed by atoms with E-state index in [2.05, 4.69) is 25.2 Å². The number of nitrogens with one attached hydrogen (secondary N) is 1. The number of carboxylic acid groups (broad SMARTS) is 2. The smallest absolute Gasteiger partial charge is 0.414 e. The number of carbonyl (C=O) groups is 2. The molecule has 1 aromatic rings. The lowest BCUT2D eigenvalue weighted by molar-refractivity contribution is -0.159. The van der Waals surface area contributed by atoms with Gasteiger partial charge >= 0.3 is 11.9 Å². The molecular weight excluding hydrogens is 318 g/mol. The van der Waals surface area contributed by atoms with Crippen LogP contribution in [0.15, 0.2) is 18.2 Å². The molecule has 0 bridgehead atoms. The zero-order valence-corrected chi connectivity index (χ0v) is 13.9. The van der Waals surface area contributed by atoms with E-state index in [0.717, 1.165) is 12.3 Å². The van der Waals surface area contributed by atoms with Gasteiger partial charge in [0, 0.05) is 13.1 Å². The fraction of sp³-hybridized carbons (Fsp3) is 0.500. The van der Waals surface area contributed by atoms with Crippen molar-refractivity contribution < 1.29 is 34.4 Å². The van der Waals surface area contributed by atoms with Gasteiger partial charge in [0.15, 0.2) is 0 Å². The molecular formula is C16H25NO7. The van der Waals surface area contributed by atoms with Crippen LogP contribution < -0.4 is 10.1 Å². The number of aryl methyl sites for hydroxylation is 2. The number of benzene rings is 1. The molecule has 8 heteroatoms. The van der Waals surface area contributed by atoms with Crippen molar-refractivity contribution in [2.24, 2.45) is 0 Å². The lowest BCUT2D eigenvalue weighted by atomic mass is 10.1. The van der Waals surface area contributed by atoms with Crippen LogP contribution in [-0.2, 0) is 14.3 Å². The second-order valence-electron chi connectivity index (χ2n) is 4.87. The molecule has 4 N–H and O–H groups in total. The summed E-state index contributed by atoms with van der Waals surface area (Å²) in [5.74, 6) is -2.75. The first-order chi connectivity index (χ1) is 11.4. The lowest BCUT2D eigenvalue weighted by Gasteiger charge is -2.09. The van der Waals surface area contributed by atoms with Crippen LogP contribution in [0.25, 0.3) is 0 Å². The Hall–Kier alpha value is -2.16. The number of hydrogen-bond acceptors (Lipinski definition) is 6. The molecule has 0 heterocycles. The van der Waals surface area contributed by atoms with Crippen molar-refractivity contribution in [1.82, 2.24) is 5.32 Å². The number of hydrogen-bond donors (Lipinski definition) is 4. The minimum atomic E-state index is -1.82. The average Bonchev–Trinajstić information content (AvgIpc) is 2.49. The van der Waals surface area contributed by atoms with E-state index in [-0.39, 0.29) is 6.61 Å². The van der Waals surface area contributed by atoms with E-state index in [1.807, 2.05) is 12.1 Å². The van der Waals surface area contributed by atoms with Gasteiger partial charge in [-0.15, -0.1) is 0 Å². The van der Waals surface area contributed by atoms with Crippen LogP contribution in [0.4, 0.5) is 0 Å². The highest BCUT2D eigenvalue weighted by Gasteiger charge is 2.04. The average molecular weight is 343 g/mol. The van der Waals surface area contributed by atoms with Gasteiger partial charge < -0.3 is 30.1 Å². The molecule has 1 aromatic carbocycles. The van der Waals surface area contributed by atoms with E-state index >= 15 is 0 Å². The van der Waals surface area contributed by atoms with Gasteiger partial charge in [-0.1, -0.05) is 6.07 Å². The lowest BCUT2D eigenvalue weighted by Crippen LogP contribution is -2.23. The number of rotatable bonds is 9. The third kappa shape index (κ3) is 12.4. The Bertz CT molecular complexity index is 473. The van der Waals surface area contributed by atoms with Gasteiger partial charge in [0.1, 0.15) is 12.4 Å². The quantitative estimate of drug-likeness (QED) is 0.376. The standard InChI is InChI=1S/C14H23NO3.C2H2O4/c1-12-9-13(2)11-14(10-12)18-8-7-17-6-4-15-3-5-16;3-1(4)2(5)6/h9-11,15-16H,3-8H2,1-2H3;(H,3,4)(H,5,6). The first kappa shape index (κ1) is 21.8. The Labute approximate surface area is 141 Å². The molecule has 136 valence electrons. The van der Waals surface area contributed by atoms with Crippen molar-refractivity contribution in [2.45, 2.75) is 13.8 Å². The maximum Gasteiger partial charge on any atom is 0.414 e. The first-order valence-corrected chi connectivity index (χ1v) is 7.43. The van der Waals surface area contributed by atoms with Gasteiger partial charge in [-0.3, -0.25) is 0 Å². The summed E-state index contributed by atoms with van der Waals surface area (Å²) in [7, 11) is 0. The van der Waals surface area contributed by atoms with E-state index in [4.69, 9.17) is 34.4 Å². The zero-order chi connectivity index (χ0) is 18.4. The van der Waals surface area contributed by atoms with Gasteiger partial charge in [0.2, 0.25) is 0 Å². The summed E-state index contributed by atoms with van der Waals surface area (Å²) >= 11 is 0. The molecule has 0 atom stereocenters. The Morgan fingerprint density at radius 3 is 2.04 bits per heavy atom. The molecule has 0 amide bonds. The third-order valence-electron chi connectivity index (χ3n) is 2.59. The molecule has 1 rings (SSSR count). The fourth-order valence-electron chi connectivity index (χ4n) is 1.69. The van der Waals surface area contributed by atoms with Crippen LogP contribution in [0.5, 0.6) is 5.75 Å². The molecule has 0 aromatic heterocycles. The van der Waals surface area contributed by atoms with Crippen LogP contribution in [0.3, 0.4) is 0 Å². The van der Waals surface area contributed by atoms with E-state index in [0.29, 0.717) is 26.4 Å². The highest BCUT2D eigenvalue weighted by molar-refractivity contribution is 6.27. The summed E-state index contributed by atoms with van der Waals surface area (Å²) in [5.41, 5.74) is 2.42. The first-order valence-electron chi connectivity index (χ1n) is 7.43. The topological polar surface area (TPSA) is 125 Å². The molecule has 0 fully saturated rings. The van der Waals surface area contributed by atoms with Crippen molar-refractivity contribution in [1.29, 1.82) is 0 Å². The predicted molar refractivity (Wildman–Crippen MR) is 87.5 cm³/mol. The highest BCUT2D eigenvalue weighted by atomic mass is 16.5. The summed E-state index contributed by atoms with van der Waals surface area (Å²) in [6, 6.07) is 6.17. The Morgan fingerprint density at radius 2 is 1.54 bits per heavy atom. The molecule has 0 saturated carbocycles. The summed E-state index contributed by atoms with van der Waals surface area (Å²) in [5, 5.41) is 26.4.